The van der Waals surface area contributed by atoms with E-state index in [0.717, 1.165) is 24.1 Å². The van der Waals surface area contributed by atoms with Crippen LogP contribution in [-0.2, 0) is 4.79 Å². The predicted octanol–water partition coefficient (Wildman–Crippen LogP) is 1.76. The summed E-state index contributed by atoms with van der Waals surface area (Å²) in [5, 5.41) is 4.07. The lowest BCUT2D eigenvalue weighted by Crippen LogP contribution is -2.01. The van der Waals surface area contributed by atoms with Crippen molar-refractivity contribution in [1.29, 1.82) is 0 Å². The summed E-state index contributed by atoms with van der Waals surface area (Å²) in [6.07, 6.45) is 7.59. The van der Waals surface area contributed by atoms with Crippen molar-refractivity contribution < 1.29 is 4.79 Å². The van der Waals surface area contributed by atoms with Crippen molar-refractivity contribution in [3.8, 4) is 11.8 Å². The van der Waals surface area contributed by atoms with Crippen molar-refractivity contribution in [3.63, 3.8) is 0 Å². The van der Waals surface area contributed by atoms with E-state index in [0.29, 0.717) is 12.1 Å². The first kappa shape index (κ1) is 10.7. The zero-order valence-corrected chi connectivity index (χ0v) is 9.76. The van der Waals surface area contributed by atoms with E-state index in [4.69, 9.17) is 0 Å². The Balaban J connectivity index is 1.90. The number of ketones is 1. The van der Waals surface area contributed by atoms with E-state index in [-0.39, 0.29) is 5.78 Å². The SMILES string of the molecule is O=C1C=C(C#Cc2ccn3nccc3n2)CCC1. The predicted molar refractivity (Wildman–Crippen MR) is 66.8 cm³/mol. The molecule has 0 fully saturated rings. The third-order valence-corrected chi connectivity index (χ3v) is 2.81. The number of carbonyl (C=O) groups is 1. The molecule has 3 rings (SSSR count). The Hall–Kier alpha value is -2.41. The minimum Gasteiger partial charge on any atom is -0.295 e. The first-order valence-corrected chi connectivity index (χ1v) is 5.87. The Morgan fingerprint density at radius 3 is 3.06 bits per heavy atom. The maximum Gasteiger partial charge on any atom is 0.156 e. The number of rotatable bonds is 0. The molecule has 2 aromatic rings. The number of hydrogen-bond acceptors (Lipinski definition) is 3. The van der Waals surface area contributed by atoms with Crippen molar-refractivity contribution in [3.05, 3.63) is 41.9 Å². The fraction of sp³-hybridized carbons (Fsp3) is 0.214. The molecule has 0 amide bonds. The third-order valence-electron chi connectivity index (χ3n) is 2.81. The second kappa shape index (κ2) is 4.46. The molecule has 0 spiro atoms. The van der Waals surface area contributed by atoms with E-state index < -0.39 is 0 Å². The molecule has 18 heavy (non-hydrogen) atoms. The summed E-state index contributed by atoms with van der Waals surface area (Å²) in [4.78, 5) is 15.6. The summed E-state index contributed by atoms with van der Waals surface area (Å²) in [6, 6.07) is 3.65. The normalized spacial score (nSPS) is 15.1. The van der Waals surface area contributed by atoms with Crippen LogP contribution < -0.4 is 0 Å². The quantitative estimate of drug-likeness (QED) is 0.656. The lowest BCUT2D eigenvalue weighted by Gasteiger charge is -2.04. The van der Waals surface area contributed by atoms with Crippen LogP contribution in [0.1, 0.15) is 25.0 Å². The number of allylic oxidation sites excluding steroid dienone is 2. The van der Waals surface area contributed by atoms with Gasteiger partial charge in [0.05, 0.1) is 6.20 Å². The average Bonchev–Trinajstić information content (AvgIpc) is 2.84. The highest BCUT2D eigenvalue weighted by atomic mass is 16.1. The molecule has 88 valence electrons. The Morgan fingerprint density at radius 2 is 2.17 bits per heavy atom. The van der Waals surface area contributed by atoms with Gasteiger partial charge in [0.2, 0.25) is 0 Å². The molecule has 4 nitrogen and oxygen atoms in total. The monoisotopic (exact) mass is 237 g/mol. The van der Waals surface area contributed by atoms with Crippen molar-refractivity contribution >= 4 is 11.4 Å². The molecular formula is C14H11N3O. The van der Waals surface area contributed by atoms with Gasteiger partial charge in [0.15, 0.2) is 11.4 Å². The van der Waals surface area contributed by atoms with E-state index in [2.05, 4.69) is 21.9 Å². The van der Waals surface area contributed by atoms with E-state index in [1.165, 1.54) is 0 Å². The largest absolute Gasteiger partial charge is 0.295 e. The van der Waals surface area contributed by atoms with Crippen LogP contribution in [-0.4, -0.2) is 20.4 Å². The Morgan fingerprint density at radius 1 is 1.22 bits per heavy atom. The Kier molecular flexibility index (Phi) is 2.66. The number of carbonyl (C=O) groups excluding carboxylic acids is 1. The van der Waals surface area contributed by atoms with Crippen molar-refractivity contribution in [2.75, 3.05) is 0 Å². The van der Waals surface area contributed by atoms with E-state index in [1.807, 2.05) is 18.3 Å². The fourth-order valence-electron chi connectivity index (χ4n) is 1.92. The summed E-state index contributed by atoms with van der Waals surface area (Å²) in [5.74, 6) is 6.19. The second-order valence-electron chi connectivity index (χ2n) is 4.19. The maximum absolute atomic E-state index is 11.3. The molecule has 0 unspecified atom stereocenters. The molecule has 0 aromatic carbocycles. The molecule has 2 heterocycles. The van der Waals surface area contributed by atoms with Crippen molar-refractivity contribution in [2.24, 2.45) is 0 Å². The van der Waals surface area contributed by atoms with Crippen LogP contribution in [0, 0.1) is 11.8 Å². The molecule has 0 saturated carbocycles. The second-order valence-corrected chi connectivity index (χ2v) is 4.19. The van der Waals surface area contributed by atoms with E-state index >= 15 is 0 Å². The van der Waals surface area contributed by atoms with Crippen LogP contribution in [0.3, 0.4) is 0 Å². The third kappa shape index (κ3) is 2.16. The molecular weight excluding hydrogens is 226 g/mol. The molecule has 0 N–H and O–H groups in total. The topological polar surface area (TPSA) is 47.3 Å². The van der Waals surface area contributed by atoms with Crippen LogP contribution in [0.5, 0.6) is 0 Å². The molecule has 1 aliphatic rings. The molecule has 4 heteroatoms. The van der Waals surface area contributed by atoms with Crippen LogP contribution in [0.25, 0.3) is 5.65 Å². The minimum absolute atomic E-state index is 0.171. The van der Waals surface area contributed by atoms with Crippen LogP contribution in [0.4, 0.5) is 0 Å². The summed E-state index contributed by atoms with van der Waals surface area (Å²) in [6.45, 7) is 0. The molecule has 0 bridgehead atoms. The maximum atomic E-state index is 11.3. The lowest BCUT2D eigenvalue weighted by atomic mass is 9.99. The van der Waals surface area contributed by atoms with Gasteiger partial charge in [0.1, 0.15) is 5.69 Å². The zero-order valence-electron chi connectivity index (χ0n) is 9.76. The van der Waals surface area contributed by atoms with Gasteiger partial charge in [-0.2, -0.15) is 5.10 Å². The highest BCUT2D eigenvalue weighted by Gasteiger charge is 2.07. The van der Waals surface area contributed by atoms with Crippen LogP contribution in [0.2, 0.25) is 0 Å². The van der Waals surface area contributed by atoms with Crippen LogP contribution in [0.15, 0.2) is 36.2 Å². The summed E-state index contributed by atoms with van der Waals surface area (Å²) >= 11 is 0. The van der Waals surface area contributed by atoms with Crippen molar-refractivity contribution in [1.82, 2.24) is 14.6 Å². The molecule has 1 aliphatic carbocycles. The molecule has 0 saturated heterocycles. The summed E-state index contributed by atoms with van der Waals surface area (Å²) in [5.41, 5.74) is 2.37. The first-order chi connectivity index (χ1) is 8.81. The number of aromatic nitrogens is 3. The van der Waals surface area contributed by atoms with Gasteiger partial charge in [0.25, 0.3) is 0 Å². The van der Waals surface area contributed by atoms with Gasteiger partial charge in [-0.25, -0.2) is 9.50 Å². The van der Waals surface area contributed by atoms with E-state index in [9.17, 15) is 4.79 Å². The van der Waals surface area contributed by atoms with Gasteiger partial charge < -0.3 is 0 Å². The number of nitrogens with zero attached hydrogens (tertiary/aromatic N) is 3. The highest BCUT2D eigenvalue weighted by molar-refractivity contribution is 5.91. The molecule has 2 aromatic heterocycles. The van der Waals surface area contributed by atoms with E-state index in [1.54, 1.807) is 16.8 Å². The van der Waals surface area contributed by atoms with Crippen molar-refractivity contribution in [2.45, 2.75) is 19.3 Å². The van der Waals surface area contributed by atoms with Gasteiger partial charge >= 0.3 is 0 Å². The zero-order chi connectivity index (χ0) is 12.4. The smallest absolute Gasteiger partial charge is 0.156 e. The highest BCUT2D eigenvalue weighted by Crippen LogP contribution is 2.14. The summed E-state index contributed by atoms with van der Waals surface area (Å²) in [7, 11) is 0. The lowest BCUT2D eigenvalue weighted by molar-refractivity contribution is -0.115. The molecule has 0 radical (unpaired) electrons. The standard InChI is InChI=1S/C14H11N3O/c18-13-3-1-2-11(10-13)4-5-12-7-9-17-14(16-12)6-8-15-17/h6-10H,1-3H2. The number of fused-ring (bicyclic) bond motifs is 1. The molecule has 0 aliphatic heterocycles. The first-order valence-electron chi connectivity index (χ1n) is 5.87. The van der Waals surface area contributed by atoms with Gasteiger partial charge in [-0.15, -0.1) is 0 Å². The fourth-order valence-corrected chi connectivity index (χ4v) is 1.92. The Labute approximate surface area is 104 Å². The van der Waals surface area contributed by atoms with Crippen LogP contribution >= 0.6 is 0 Å². The van der Waals surface area contributed by atoms with Gasteiger partial charge in [-0.3, -0.25) is 4.79 Å². The van der Waals surface area contributed by atoms with Gasteiger partial charge in [0, 0.05) is 24.3 Å². The van der Waals surface area contributed by atoms with Gasteiger partial charge in [-0.1, -0.05) is 5.92 Å². The molecule has 0 atom stereocenters. The summed E-state index contributed by atoms with van der Waals surface area (Å²) < 4.78 is 1.69. The Bertz CT molecular complexity index is 700. The minimum atomic E-state index is 0.171. The van der Waals surface area contributed by atoms with Gasteiger partial charge in [-0.05, 0) is 30.9 Å². The number of hydrogen-bond donors (Lipinski definition) is 0. The average molecular weight is 237 g/mol.